The summed E-state index contributed by atoms with van der Waals surface area (Å²) >= 11 is 0. The molecule has 1 atom stereocenters. The molecule has 0 amide bonds. The minimum absolute atomic E-state index is 0.273. The lowest BCUT2D eigenvalue weighted by atomic mass is 10.0. The van der Waals surface area contributed by atoms with Gasteiger partial charge in [-0.15, -0.1) is 0 Å². The van der Waals surface area contributed by atoms with Crippen molar-refractivity contribution in [2.75, 3.05) is 20.2 Å². The summed E-state index contributed by atoms with van der Waals surface area (Å²) in [6.45, 7) is 5.91. The van der Waals surface area contributed by atoms with Crippen molar-refractivity contribution >= 4 is 5.96 Å². The summed E-state index contributed by atoms with van der Waals surface area (Å²) in [5, 5.41) is 0. The Labute approximate surface area is 108 Å². The van der Waals surface area contributed by atoms with Gasteiger partial charge in [0.25, 0.3) is 0 Å². The Kier molecular flexibility index (Phi) is 3.75. The number of hydrogen-bond acceptors (Lipinski definition) is 4. The van der Waals surface area contributed by atoms with E-state index in [1.165, 1.54) is 5.56 Å². The summed E-state index contributed by atoms with van der Waals surface area (Å²) in [4.78, 5) is 6.54. The number of guanidine groups is 1. The van der Waals surface area contributed by atoms with Crippen LogP contribution in [0.4, 0.5) is 0 Å². The van der Waals surface area contributed by atoms with Gasteiger partial charge in [-0.2, -0.15) is 0 Å². The van der Waals surface area contributed by atoms with Crippen LogP contribution in [0.15, 0.2) is 23.2 Å². The molecular weight excluding hydrogens is 226 g/mol. The number of nitrogens with zero attached hydrogens (tertiary/aromatic N) is 2. The quantitative estimate of drug-likeness (QED) is 0.886. The molecule has 0 spiro atoms. The van der Waals surface area contributed by atoms with E-state index >= 15 is 0 Å². The number of aryl methyl sites for hydroxylation is 1. The van der Waals surface area contributed by atoms with Gasteiger partial charge in [0, 0.05) is 6.54 Å². The Morgan fingerprint density at radius 3 is 2.89 bits per heavy atom. The first-order valence-corrected chi connectivity index (χ1v) is 6.38. The number of nitrogens with two attached hydrogens (primary N) is 1. The van der Waals surface area contributed by atoms with Gasteiger partial charge in [-0.25, -0.2) is 0 Å². The maximum Gasteiger partial charge on any atom is 0.191 e. The molecule has 2 N–H and O–H groups in total. The summed E-state index contributed by atoms with van der Waals surface area (Å²) in [6.07, 6.45) is 1.07. The number of ether oxygens (including phenoxy) is 1. The van der Waals surface area contributed by atoms with Crippen LogP contribution >= 0.6 is 0 Å². The lowest BCUT2D eigenvalue weighted by molar-refractivity contribution is 0.346. The lowest BCUT2D eigenvalue weighted by Gasteiger charge is -2.26. The van der Waals surface area contributed by atoms with Crippen LogP contribution in [-0.2, 0) is 0 Å². The molecule has 0 saturated heterocycles. The fourth-order valence-corrected chi connectivity index (χ4v) is 2.43. The minimum Gasteiger partial charge on any atom is -0.496 e. The normalized spacial score (nSPS) is 18.9. The third kappa shape index (κ3) is 2.28. The van der Waals surface area contributed by atoms with Crippen LogP contribution in [0.2, 0.25) is 0 Å². The smallest absolute Gasteiger partial charge is 0.191 e. The van der Waals surface area contributed by atoms with Crippen molar-refractivity contribution in [1.29, 1.82) is 0 Å². The van der Waals surface area contributed by atoms with Crippen LogP contribution in [0.25, 0.3) is 0 Å². The van der Waals surface area contributed by atoms with E-state index < -0.39 is 0 Å². The van der Waals surface area contributed by atoms with E-state index in [2.05, 4.69) is 35.9 Å². The Morgan fingerprint density at radius 1 is 1.50 bits per heavy atom. The van der Waals surface area contributed by atoms with Gasteiger partial charge in [0.15, 0.2) is 5.96 Å². The van der Waals surface area contributed by atoms with Crippen molar-refractivity contribution in [3.05, 3.63) is 29.3 Å². The molecular formula is C14H21N3O. The third-order valence-electron chi connectivity index (χ3n) is 3.36. The van der Waals surface area contributed by atoms with E-state index in [0.717, 1.165) is 30.8 Å². The Morgan fingerprint density at radius 2 is 2.28 bits per heavy atom. The first kappa shape index (κ1) is 12.7. The van der Waals surface area contributed by atoms with Crippen molar-refractivity contribution in [3.8, 4) is 5.75 Å². The molecule has 0 aliphatic carbocycles. The third-order valence-corrected chi connectivity index (χ3v) is 3.36. The summed E-state index contributed by atoms with van der Waals surface area (Å²) in [5.74, 6) is 1.59. The van der Waals surface area contributed by atoms with Crippen LogP contribution in [0.1, 0.15) is 30.5 Å². The fraction of sp³-hybridized carbons (Fsp3) is 0.500. The molecule has 1 aromatic rings. The molecule has 1 aromatic carbocycles. The first-order valence-electron chi connectivity index (χ1n) is 6.38. The molecule has 1 aliphatic rings. The molecule has 1 heterocycles. The van der Waals surface area contributed by atoms with Gasteiger partial charge in [0.2, 0.25) is 0 Å². The average molecular weight is 247 g/mol. The minimum atomic E-state index is 0.273. The van der Waals surface area contributed by atoms with Crippen LogP contribution in [0, 0.1) is 6.92 Å². The molecule has 4 heteroatoms. The lowest BCUT2D eigenvalue weighted by Crippen LogP contribution is -2.36. The standard InChI is InChI=1S/C14H21N3O/c1-4-7-17-12(9-16-14(17)15)11-5-6-13(18-3)10(2)8-11/h5-6,8,12H,4,7,9H2,1-3H3,(H2,15,16). The van der Waals surface area contributed by atoms with Crippen LogP contribution in [0.5, 0.6) is 5.75 Å². The summed E-state index contributed by atoms with van der Waals surface area (Å²) in [6, 6.07) is 6.56. The van der Waals surface area contributed by atoms with Gasteiger partial charge in [0.1, 0.15) is 5.75 Å². The molecule has 0 fully saturated rings. The zero-order valence-corrected chi connectivity index (χ0v) is 11.3. The highest BCUT2D eigenvalue weighted by Crippen LogP contribution is 2.29. The van der Waals surface area contributed by atoms with E-state index in [0.29, 0.717) is 5.96 Å². The molecule has 1 aliphatic heterocycles. The summed E-state index contributed by atoms with van der Waals surface area (Å²) in [5.41, 5.74) is 8.34. The second-order valence-electron chi connectivity index (χ2n) is 4.64. The van der Waals surface area contributed by atoms with E-state index in [-0.39, 0.29) is 6.04 Å². The maximum atomic E-state index is 5.94. The van der Waals surface area contributed by atoms with Crippen molar-refractivity contribution in [2.24, 2.45) is 10.7 Å². The number of methoxy groups -OCH3 is 1. The van der Waals surface area contributed by atoms with Crippen molar-refractivity contribution in [2.45, 2.75) is 26.3 Å². The van der Waals surface area contributed by atoms with Gasteiger partial charge in [0.05, 0.1) is 19.7 Å². The average Bonchev–Trinajstić information content (AvgIpc) is 2.72. The number of aliphatic imine (C=N–C) groups is 1. The van der Waals surface area contributed by atoms with Gasteiger partial charge >= 0.3 is 0 Å². The molecule has 18 heavy (non-hydrogen) atoms. The van der Waals surface area contributed by atoms with Gasteiger partial charge in [-0.3, -0.25) is 4.99 Å². The van der Waals surface area contributed by atoms with Crippen LogP contribution in [0.3, 0.4) is 0 Å². The molecule has 0 aromatic heterocycles. The Balaban J connectivity index is 2.24. The molecule has 0 bridgehead atoms. The van der Waals surface area contributed by atoms with Crippen molar-refractivity contribution in [1.82, 2.24) is 4.90 Å². The van der Waals surface area contributed by atoms with Gasteiger partial charge in [-0.1, -0.05) is 19.1 Å². The molecule has 2 rings (SSSR count). The predicted octanol–water partition coefficient (Wildman–Crippen LogP) is 2.09. The van der Waals surface area contributed by atoms with Gasteiger partial charge < -0.3 is 15.4 Å². The number of rotatable bonds is 4. The zero-order chi connectivity index (χ0) is 13.1. The second-order valence-corrected chi connectivity index (χ2v) is 4.64. The van der Waals surface area contributed by atoms with E-state index in [9.17, 15) is 0 Å². The largest absolute Gasteiger partial charge is 0.496 e. The Hall–Kier alpha value is -1.71. The summed E-state index contributed by atoms with van der Waals surface area (Å²) in [7, 11) is 1.70. The second kappa shape index (κ2) is 5.29. The number of hydrogen-bond donors (Lipinski definition) is 1. The number of benzene rings is 1. The highest BCUT2D eigenvalue weighted by Gasteiger charge is 2.26. The fourth-order valence-electron chi connectivity index (χ4n) is 2.43. The predicted molar refractivity (Wildman–Crippen MR) is 74.0 cm³/mol. The van der Waals surface area contributed by atoms with Gasteiger partial charge in [-0.05, 0) is 30.5 Å². The molecule has 4 nitrogen and oxygen atoms in total. The maximum absolute atomic E-state index is 5.94. The van der Waals surface area contributed by atoms with E-state index in [1.807, 2.05) is 6.07 Å². The molecule has 0 saturated carbocycles. The molecule has 1 unspecified atom stereocenters. The monoisotopic (exact) mass is 247 g/mol. The summed E-state index contributed by atoms with van der Waals surface area (Å²) < 4.78 is 5.29. The highest BCUT2D eigenvalue weighted by molar-refractivity contribution is 5.80. The van der Waals surface area contributed by atoms with Crippen molar-refractivity contribution in [3.63, 3.8) is 0 Å². The van der Waals surface area contributed by atoms with E-state index in [1.54, 1.807) is 7.11 Å². The first-order chi connectivity index (χ1) is 8.67. The van der Waals surface area contributed by atoms with Crippen molar-refractivity contribution < 1.29 is 4.74 Å². The molecule has 98 valence electrons. The van der Waals surface area contributed by atoms with E-state index in [4.69, 9.17) is 10.5 Å². The molecule has 0 radical (unpaired) electrons. The SMILES string of the molecule is CCCN1C(N)=NCC1c1ccc(OC)c(C)c1. The van der Waals surface area contributed by atoms with Crippen LogP contribution < -0.4 is 10.5 Å². The topological polar surface area (TPSA) is 50.8 Å². The highest BCUT2D eigenvalue weighted by atomic mass is 16.5. The zero-order valence-electron chi connectivity index (χ0n) is 11.3. The van der Waals surface area contributed by atoms with Crippen LogP contribution in [-0.4, -0.2) is 31.1 Å². The Bertz CT molecular complexity index is 456.